The Hall–Kier alpha value is -2.39. The van der Waals surface area contributed by atoms with Gasteiger partial charge in [-0.25, -0.2) is 0 Å². The van der Waals surface area contributed by atoms with E-state index in [2.05, 4.69) is 35.8 Å². The van der Waals surface area contributed by atoms with Gasteiger partial charge in [0.15, 0.2) is 0 Å². The Morgan fingerprint density at radius 1 is 1.00 bits per heavy atom. The number of rotatable bonds is 7. The van der Waals surface area contributed by atoms with Crippen LogP contribution >= 0.6 is 0 Å². The fraction of sp³-hybridized carbons (Fsp3) is 0.250. The van der Waals surface area contributed by atoms with Crippen LogP contribution in [0.3, 0.4) is 0 Å². The predicted molar refractivity (Wildman–Crippen MR) is 96.5 cm³/mol. The van der Waals surface area contributed by atoms with E-state index in [4.69, 9.17) is 0 Å². The molecular formula is C20H24N2O. The summed E-state index contributed by atoms with van der Waals surface area (Å²) in [6, 6.07) is 17.9. The van der Waals surface area contributed by atoms with Crippen LogP contribution in [0.1, 0.15) is 28.4 Å². The van der Waals surface area contributed by atoms with E-state index in [9.17, 15) is 4.79 Å². The van der Waals surface area contributed by atoms with E-state index in [1.54, 1.807) is 0 Å². The van der Waals surface area contributed by atoms with Crippen molar-refractivity contribution in [3.05, 3.63) is 76.9 Å². The molecule has 0 bridgehead atoms. The predicted octanol–water partition coefficient (Wildman–Crippen LogP) is 3.42. The molecule has 0 spiro atoms. The largest absolute Gasteiger partial charge is 0.351 e. The van der Waals surface area contributed by atoms with Crippen LogP contribution in [-0.4, -0.2) is 25.5 Å². The van der Waals surface area contributed by atoms with Gasteiger partial charge < -0.3 is 10.6 Å². The molecule has 0 heterocycles. The lowest BCUT2D eigenvalue weighted by molar-refractivity contribution is 0.0954. The topological polar surface area (TPSA) is 41.1 Å². The van der Waals surface area contributed by atoms with Crippen LogP contribution < -0.4 is 10.6 Å². The Morgan fingerprint density at radius 2 is 1.70 bits per heavy atom. The minimum atomic E-state index is -0.0247. The highest BCUT2D eigenvalue weighted by atomic mass is 16.1. The van der Waals surface area contributed by atoms with E-state index < -0.39 is 0 Å². The molecule has 0 aliphatic rings. The minimum Gasteiger partial charge on any atom is -0.351 e. The zero-order valence-corrected chi connectivity index (χ0v) is 13.8. The van der Waals surface area contributed by atoms with Crippen molar-refractivity contribution in [2.24, 2.45) is 0 Å². The van der Waals surface area contributed by atoms with E-state index in [1.165, 1.54) is 11.1 Å². The monoisotopic (exact) mass is 308 g/mol. The van der Waals surface area contributed by atoms with Gasteiger partial charge >= 0.3 is 0 Å². The highest BCUT2D eigenvalue weighted by Gasteiger charge is 2.03. The van der Waals surface area contributed by atoms with Gasteiger partial charge in [0.2, 0.25) is 0 Å². The summed E-state index contributed by atoms with van der Waals surface area (Å²) in [7, 11) is 0. The summed E-state index contributed by atoms with van der Waals surface area (Å²) in [6.45, 7) is 6.29. The van der Waals surface area contributed by atoms with Crippen LogP contribution in [0.5, 0.6) is 0 Å². The Balaban J connectivity index is 1.66. The third-order valence-corrected chi connectivity index (χ3v) is 3.52. The van der Waals surface area contributed by atoms with E-state index in [0.717, 1.165) is 18.7 Å². The molecule has 0 atom stereocenters. The molecule has 2 aromatic carbocycles. The van der Waals surface area contributed by atoms with Gasteiger partial charge in [-0.1, -0.05) is 59.7 Å². The van der Waals surface area contributed by atoms with Gasteiger partial charge in [-0.2, -0.15) is 0 Å². The van der Waals surface area contributed by atoms with E-state index >= 15 is 0 Å². The lowest BCUT2D eigenvalue weighted by Crippen LogP contribution is -2.32. The molecule has 0 unspecified atom stereocenters. The van der Waals surface area contributed by atoms with Crippen LogP contribution in [0.2, 0.25) is 0 Å². The number of amides is 1. The summed E-state index contributed by atoms with van der Waals surface area (Å²) in [5.74, 6) is -0.0247. The first kappa shape index (κ1) is 17.0. The standard InChI is InChI=1S/C20H24N2O/c1-16-8-10-19(11-9-16)20(23)22-13-12-21-15-17(2)14-18-6-4-3-5-7-18/h3-11,14,21H,12-13,15H2,1-2H3,(H,22,23)/b17-14-. The van der Waals surface area contributed by atoms with Crippen LogP contribution in [0.15, 0.2) is 60.2 Å². The van der Waals surface area contributed by atoms with Crippen molar-refractivity contribution >= 4 is 12.0 Å². The van der Waals surface area contributed by atoms with E-state index in [1.807, 2.05) is 49.4 Å². The van der Waals surface area contributed by atoms with Gasteiger partial charge in [0, 0.05) is 25.2 Å². The fourth-order valence-corrected chi connectivity index (χ4v) is 2.24. The SMILES string of the molecule is C/C(=C/c1ccccc1)CNCCNC(=O)c1ccc(C)cc1. The molecule has 3 heteroatoms. The molecule has 0 aliphatic carbocycles. The minimum absolute atomic E-state index is 0.0247. The second-order valence-electron chi connectivity index (χ2n) is 5.70. The quantitative estimate of drug-likeness (QED) is 0.770. The van der Waals surface area contributed by atoms with Crippen molar-refractivity contribution < 1.29 is 4.79 Å². The molecule has 0 saturated heterocycles. The summed E-state index contributed by atoms with van der Waals surface area (Å²) in [6.07, 6.45) is 2.16. The summed E-state index contributed by atoms with van der Waals surface area (Å²) < 4.78 is 0. The zero-order chi connectivity index (χ0) is 16.5. The van der Waals surface area contributed by atoms with Gasteiger partial charge in [-0.3, -0.25) is 4.79 Å². The third kappa shape index (κ3) is 6.09. The summed E-state index contributed by atoms with van der Waals surface area (Å²) in [5, 5.41) is 6.26. The van der Waals surface area contributed by atoms with Crippen LogP contribution in [0.25, 0.3) is 6.08 Å². The van der Waals surface area contributed by atoms with E-state index in [-0.39, 0.29) is 5.91 Å². The highest BCUT2D eigenvalue weighted by molar-refractivity contribution is 5.94. The molecule has 3 nitrogen and oxygen atoms in total. The molecule has 23 heavy (non-hydrogen) atoms. The first-order valence-corrected chi connectivity index (χ1v) is 7.93. The molecule has 120 valence electrons. The van der Waals surface area contributed by atoms with Crippen molar-refractivity contribution in [3.8, 4) is 0 Å². The molecule has 0 fully saturated rings. The van der Waals surface area contributed by atoms with Gasteiger partial charge in [0.25, 0.3) is 5.91 Å². The molecule has 2 N–H and O–H groups in total. The number of aryl methyl sites for hydroxylation is 1. The van der Waals surface area contributed by atoms with Gasteiger partial charge in [0.1, 0.15) is 0 Å². The summed E-state index contributed by atoms with van der Waals surface area (Å²) in [5.41, 5.74) is 4.33. The molecule has 1 amide bonds. The van der Waals surface area contributed by atoms with Gasteiger partial charge in [-0.15, -0.1) is 0 Å². The fourth-order valence-electron chi connectivity index (χ4n) is 2.24. The Morgan fingerprint density at radius 3 is 2.39 bits per heavy atom. The van der Waals surface area contributed by atoms with Crippen molar-refractivity contribution in [1.82, 2.24) is 10.6 Å². The number of hydrogen-bond acceptors (Lipinski definition) is 2. The maximum absolute atomic E-state index is 11.9. The molecular weight excluding hydrogens is 284 g/mol. The van der Waals surface area contributed by atoms with Crippen molar-refractivity contribution in [1.29, 1.82) is 0 Å². The average molecular weight is 308 g/mol. The zero-order valence-electron chi connectivity index (χ0n) is 13.8. The number of benzene rings is 2. The van der Waals surface area contributed by atoms with Crippen LogP contribution in [0, 0.1) is 6.92 Å². The van der Waals surface area contributed by atoms with Crippen LogP contribution in [-0.2, 0) is 0 Å². The van der Waals surface area contributed by atoms with Crippen LogP contribution in [0.4, 0.5) is 0 Å². The van der Waals surface area contributed by atoms with Crippen molar-refractivity contribution in [3.63, 3.8) is 0 Å². The maximum atomic E-state index is 11.9. The smallest absolute Gasteiger partial charge is 0.251 e. The van der Waals surface area contributed by atoms with E-state index in [0.29, 0.717) is 12.1 Å². The average Bonchev–Trinajstić information content (AvgIpc) is 2.56. The normalized spacial score (nSPS) is 11.3. The lowest BCUT2D eigenvalue weighted by Gasteiger charge is -2.08. The molecule has 2 aromatic rings. The first-order valence-electron chi connectivity index (χ1n) is 7.93. The number of carbonyl (C=O) groups is 1. The summed E-state index contributed by atoms with van der Waals surface area (Å²) in [4.78, 5) is 11.9. The lowest BCUT2D eigenvalue weighted by atomic mass is 10.1. The molecule has 0 saturated carbocycles. The Labute approximate surface area is 138 Å². The number of nitrogens with one attached hydrogen (secondary N) is 2. The Bertz CT molecular complexity index is 645. The van der Waals surface area contributed by atoms with Crippen molar-refractivity contribution in [2.45, 2.75) is 13.8 Å². The highest BCUT2D eigenvalue weighted by Crippen LogP contribution is 2.05. The van der Waals surface area contributed by atoms with Gasteiger partial charge in [0.05, 0.1) is 0 Å². The molecule has 0 radical (unpaired) electrons. The number of hydrogen-bond donors (Lipinski definition) is 2. The second kappa shape index (κ2) is 8.91. The Kier molecular flexibility index (Phi) is 6.57. The third-order valence-electron chi connectivity index (χ3n) is 3.52. The van der Waals surface area contributed by atoms with Crippen molar-refractivity contribution in [2.75, 3.05) is 19.6 Å². The second-order valence-corrected chi connectivity index (χ2v) is 5.70. The molecule has 0 aliphatic heterocycles. The maximum Gasteiger partial charge on any atom is 0.251 e. The summed E-state index contributed by atoms with van der Waals surface area (Å²) >= 11 is 0. The van der Waals surface area contributed by atoms with Gasteiger partial charge in [-0.05, 0) is 31.5 Å². The number of carbonyl (C=O) groups excluding carboxylic acids is 1. The molecule has 0 aromatic heterocycles. The molecule has 2 rings (SSSR count). The first-order chi connectivity index (χ1) is 11.1.